The highest BCUT2D eigenvalue weighted by Crippen LogP contribution is 2.31. The molecule has 0 fully saturated rings. The number of rotatable bonds is 7. The fourth-order valence-corrected chi connectivity index (χ4v) is 4.43. The number of hydrogen-bond acceptors (Lipinski definition) is 6. The Kier molecular flexibility index (Phi) is 7.12. The third-order valence-electron chi connectivity index (χ3n) is 6.10. The molecule has 3 amide bonds. The molecule has 2 N–H and O–H groups in total. The van der Waals surface area contributed by atoms with Gasteiger partial charge in [0.05, 0.1) is 17.9 Å². The summed E-state index contributed by atoms with van der Waals surface area (Å²) >= 11 is 6.26. The zero-order valence-electron chi connectivity index (χ0n) is 20.7. The van der Waals surface area contributed by atoms with Gasteiger partial charge in [-0.2, -0.15) is 0 Å². The maximum absolute atomic E-state index is 13.2. The Morgan fingerprint density at radius 1 is 0.846 bits per heavy atom. The minimum atomic E-state index is -0.710. The second-order valence-electron chi connectivity index (χ2n) is 8.59. The van der Waals surface area contributed by atoms with Crippen LogP contribution in [-0.2, 0) is 14.3 Å². The van der Waals surface area contributed by atoms with Crippen LogP contribution in [0.4, 0.5) is 17.1 Å². The fourth-order valence-electron chi connectivity index (χ4n) is 4.22. The minimum absolute atomic E-state index is 0.122. The molecule has 5 rings (SSSR count). The summed E-state index contributed by atoms with van der Waals surface area (Å²) in [6.07, 6.45) is 0. The van der Waals surface area contributed by atoms with E-state index in [2.05, 4.69) is 10.6 Å². The topological polar surface area (TPSA) is 105 Å². The molecule has 0 saturated carbocycles. The Morgan fingerprint density at radius 3 is 2.33 bits per heavy atom. The Labute approximate surface area is 228 Å². The maximum Gasteiger partial charge on any atom is 0.338 e. The van der Waals surface area contributed by atoms with Gasteiger partial charge in [-0.3, -0.25) is 14.4 Å². The van der Waals surface area contributed by atoms with E-state index in [0.29, 0.717) is 16.9 Å². The maximum atomic E-state index is 13.2. The molecule has 0 unspecified atom stereocenters. The first-order valence-electron chi connectivity index (χ1n) is 12.1. The van der Waals surface area contributed by atoms with Crippen molar-refractivity contribution in [2.75, 3.05) is 22.1 Å². The molecule has 0 bridgehead atoms. The Bertz CT molecular complexity index is 1660. The lowest BCUT2D eigenvalue weighted by molar-refractivity contribution is -0.120. The Hall–Kier alpha value is -4.95. The van der Waals surface area contributed by atoms with E-state index in [0.717, 1.165) is 15.7 Å². The number of esters is 1. The number of halogens is 1. The summed E-state index contributed by atoms with van der Waals surface area (Å²) in [5, 5.41) is 7.43. The van der Waals surface area contributed by atoms with E-state index in [9.17, 15) is 19.2 Å². The van der Waals surface area contributed by atoms with Gasteiger partial charge in [0, 0.05) is 22.3 Å². The number of amides is 3. The normalized spacial score (nSPS) is 13.1. The molecular weight excluding hydrogens is 518 g/mol. The first kappa shape index (κ1) is 25.7. The zero-order valence-corrected chi connectivity index (χ0v) is 21.5. The number of nitrogens with zero attached hydrogens (tertiary/aromatic N) is 1. The second-order valence-corrected chi connectivity index (χ2v) is 8.97. The van der Waals surface area contributed by atoms with Gasteiger partial charge in [-0.05, 0) is 60.8 Å². The molecular formula is C30H22ClN3O5. The highest BCUT2D eigenvalue weighted by atomic mass is 35.5. The van der Waals surface area contributed by atoms with Crippen LogP contribution in [0.2, 0.25) is 0 Å². The summed E-state index contributed by atoms with van der Waals surface area (Å²) in [4.78, 5) is 51.9. The van der Waals surface area contributed by atoms with Gasteiger partial charge < -0.3 is 15.4 Å². The molecule has 194 valence electrons. The number of nitrogens with one attached hydrogen (secondary N) is 2. The van der Waals surface area contributed by atoms with E-state index in [1.165, 1.54) is 24.3 Å². The van der Waals surface area contributed by atoms with Crippen LogP contribution < -0.4 is 15.5 Å². The third-order valence-corrected chi connectivity index (χ3v) is 6.45. The fraction of sp³-hybridized carbons (Fsp3) is 0.0667. The van der Waals surface area contributed by atoms with Crippen molar-refractivity contribution >= 4 is 63.1 Å². The average molecular weight is 540 g/mol. The van der Waals surface area contributed by atoms with Crippen LogP contribution in [0, 0.1) is 0 Å². The van der Waals surface area contributed by atoms with Crippen LogP contribution in [-0.4, -0.2) is 30.3 Å². The van der Waals surface area contributed by atoms with Crippen molar-refractivity contribution in [2.24, 2.45) is 0 Å². The SMILES string of the molecule is CCOC(=O)c1ccc(N2C(=O)C(Cl)=C(Nc3cccc(C(=O)Nc4cccc5ccccc45)c3)C2=O)cc1. The van der Waals surface area contributed by atoms with Crippen LogP contribution >= 0.6 is 11.6 Å². The van der Waals surface area contributed by atoms with Crippen molar-refractivity contribution in [3.63, 3.8) is 0 Å². The van der Waals surface area contributed by atoms with E-state index in [-0.39, 0.29) is 34.5 Å². The van der Waals surface area contributed by atoms with Crippen LogP contribution in [0.1, 0.15) is 27.6 Å². The molecule has 0 aliphatic carbocycles. The second kappa shape index (κ2) is 10.8. The van der Waals surface area contributed by atoms with Gasteiger partial charge in [0.25, 0.3) is 17.7 Å². The summed E-state index contributed by atoms with van der Waals surface area (Å²) in [7, 11) is 0. The Morgan fingerprint density at radius 2 is 1.56 bits per heavy atom. The molecule has 4 aromatic rings. The Balaban J connectivity index is 1.33. The molecule has 0 spiro atoms. The van der Waals surface area contributed by atoms with Crippen LogP contribution in [0.25, 0.3) is 10.8 Å². The number of carbonyl (C=O) groups is 4. The molecule has 8 nitrogen and oxygen atoms in total. The number of anilines is 3. The smallest absolute Gasteiger partial charge is 0.338 e. The van der Waals surface area contributed by atoms with Crippen LogP contribution in [0.15, 0.2) is 102 Å². The summed E-state index contributed by atoms with van der Waals surface area (Å²) in [5.41, 5.74) is 1.82. The van der Waals surface area contributed by atoms with Gasteiger partial charge in [-0.25, -0.2) is 9.69 Å². The summed E-state index contributed by atoms with van der Waals surface area (Å²) in [5.74, 6) is -2.23. The third kappa shape index (κ3) is 5.10. The van der Waals surface area contributed by atoms with Gasteiger partial charge in [-0.1, -0.05) is 54.1 Å². The van der Waals surface area contributed by atoms with Crippen molar-refractivity contribution in [3.05, 3.63) is 113 Å². The van der Waals surface area contributed by atoms with Crippen molar-refractivity contribution in [3.8, 4) is 0 Å². The van der Waals surface area contributed by atoms with Crippen molar-refractivity contribution in [2.45, 2.75) is 6.92 Å². The molecule has 0 atom stereocenters. The van der Waals surface area contributed by atoms with Crippen molar-refractivity contribution in [1.82, 2.24) is 0 Å². The summed E-state index contributed by atoms with van der Waals surface area (Å²) in [6.45, 7) is 1.92. The van der Waals surface area contributed by atoms with E-state index in [1.54, 1.807) is 31.2 Å². The molecule has 4 aromatic carbocycles. The van der Waals surface area contributed by atoms with E-state index in [1.807, 2.05) is 42.5 Å². The molecule has 1 aliphatic rings. The first-order chi connectivity index (χ1) is 18.9. The number of fused-ring (bicyclic) bond motifs is 1. The molecule has 1 aliphatic heterocycles. The highest BCUT2D eigenvalue weighted by molar-refractivity contribution is 6.53. The monoisotopic (exact) mass is 539 g/mol. The van der Waals surface area contributed by atoms with Crippen LogP contribution in [0.3, 0.4) is 0 Å². The molecule has 0 aromatic heterocycles. The highest BCUT2D eigenvalue weighted by Gasteiger charge is 2.39. The molecule has 39 heavy (non-hydrogen) atoms. The first-order valence-corrected chi connectivity index (χ1v) is 12.5. The van der Waals surface area contributed by atoms with Crippen LogP contribution in [0.5, 0.6) is 0 Å². The van der Waals surface area contributed by atoms with Gasteiger partial charge in [0.2, 0.25) is 0 Å². The number of benzene rings is 4. The number of carbonyl (C=O) groups excluding carboxylic acids is 4. The molecule has 9 heteroatoms. The van der Waals surface area contributed by atoms with Gasteiger partial charge in [-0.15, -0.1) is 0 Å². The lowest BCUT2D eigenvalue weighted by Gasteiger charge is -2.15. The number of hydrogen-bond donors (Lipinski definition) is 2. The van der Waals surface area contributed by atoms with Gasteiger partial charge in [0.15, 0.2) is 0 Å². The molecule has 0 radical (unpaired) electrons. The predicted octanol–water partition coefficient (Wildman–Crippen LogP) is 5.70. The molecule has 0 saturated heterocycles. The number of ether oxygens (including phenoxy) is 1. The quantitative estimate of drug-likeness (QED) is 0.230. The lowest BCUT2D eigenvalue weighted by atomic mass is 10.1. The predicted molar refractivity (Wildman–Crippen MR) is 150 cm³/mol. The number of imide groups is 1. The standard InChI is InChI=1S/C30H22ClN3O5/c1-2-39-30(38)19-13-15-22(16-14-19)34-28(36)25(31)26(29(34)37)32-21-10-5-9-20(17-21)27(35)33-24-12-6-8-18-7-3-4-11-23(18)24/h3-17,32H,2H2,1H3,(H,33,35). The van der Waals surface area contributed by atoms with Gasteiger partial charge >= 0.3 is 5.97 Å². The summed E-state index contributed by atoms with van der Waals surface area (Å²) in [6, 6.07) is 25.7. The average Bonchev–Trinajstić information content (AvgIpc) is 3.16. The summed E-state index contributed by atoms with van der Waals surface area (Å²) < 4.78 is 4.96. The molecule has 1 heterocycles. The lowest BCUT2D eigenvalue weighted by Crippen LogP contribution is -2.32. The van der Waals surface area contributed by atoms with Crippen molar-refractivity contribution in [1.29, 1.82) is 0 Å². The van der Waals surface area contributed by atoms with Gasteiger partial charge in [0.1, 0.15) is 10.7 Å². The van der Waals surface area contributed by atoms with E-state index >= 15 is 0 Å². The van der Waals surface area contributed by atoms with Crippen molar-refractivity contribution < 1.29 is 23.9 Å². The zero-order chi connectivity index (χ0) is 27.5. The largest absolute Gasteiger partial charge is 0.462 e. The van der Waals surface area contributed by atoms with E-state index in [4.69, 9.17) is 16.3 Å². The van der Waals surface area contributed by atoms with E-state index < -0.39 is 17.8 Å². The minimum Gasteiger partial charge on any atom is -0.462 e.